The van der Waals surface area contributed by atoms with E-state index >= 15 is 0 Å². The third kappa shape index (κ3) is 5.29. The maximum atomic E-state index is 5.26. The van der Waals surface area contributed by atoms with Gasteiger partial charge in [-0.1, -0.05) is 13.8 Å². The smallest absolute Gasteiger partial charge is 0.128 e. The highest BCUT2D eigenvalue weighted by Gasteiger charge is 2.20. The van der Waals surface area contributed by atoms with Crippen LogP contribution in [0.5, 0.6) is 0 Å². The third-order valence-electron chi connectivity index (χ3n) is 4.03. The number of rotatable bonds is 7. The molecule has 1 fully saturated rings. The van der Waals surface area contributed by atoms with Gasteiger partial charge < -0.3 is 15.0 Å². The normalized spacial score (nSPS) is 16.7. The van der Waals surface area contributed by atoms with Gasteiger partial charge in [0.25, 0.3) is 0 Å². The molecule has 1 aliphatic rings. The summed E-state index contributed by atoms with van der Waals surface area (Å²) in [4.78, 5) is 6.95. The van der Waals surface area contributed by atoms with Gasteiger partial charge in [-0.2, -0.15) is 0 Å². The Kier molecular flexibility index (Phi) is 6.46. The van der Waals surface area contributed by atoms with Crippen molar-refractivity contribution in [3.05, 3.63) is 23.9 Å². The van der Waals surface area contributed by atoms with E-state index in [1.165, 1.54) is 18.4 Å². The molecule has 0 aromatic carbocycles. The molecule has 4 nitrogen and oxygen atoms in total. The average Bonchev–Trinajstić information content (AvgIpc) is 2.48. The van der Waals surface area contributed by atoms with Crippen LogP contribution in [0.1, 0.15) is 32.3 Å². The van der Waals surface area contributed by atoms with Crippen molar-refractivity contribution in [2.75, 3.05) is 38.3 Å². The molecule has 0 spiro atoms. The van der Waals surface area contributed by atoms with Gasteiger partial charge in [0, 0.05) is 39.5 Å². The summed E-state index contributed by atoms with van der Waals surface area (Å²) < 4.78 is 5.26. The summed E-state index contributed by atoms with van der Waals surface area (Å²) in [5, 5.41) is 3.49. The summed E-state index contributed by atoms with van der Waals surface area (Å²) in [5.74, 6) is 2.52. The lowest BCUT2D eigenvalue weighted by molar-refractivity contribution is 0.139. The molecular weight excluding hydrogens is 262 g/mol. The number of nitrogens with one attached hydrogen (secondary N) is 1. The highest BCUT2D eigenvalue weighted by atomic mass is 16.5. The summed E-state index contributed by atoms with van der Waals surface area (Å²) in [5.41, 5.74) is 1.32. The second-order valence-corrected chi connectivity index (χ2v) is 6.43. The van der Waals surface area contributed by atoms with Crippen molar-refractivity contribution in [1.82, 2.24) is 10.3 Å². The number of ether oxygens (including phenoxy) is 1. The van der Waals surface area contributed by atoms with E-state index in [9.17, 15) is 0 Å². The van der Waals surface area contributed by atoms with E-state index in [2.05, 4.69) is 41.2 Å². The van der Waals surface area contributed by atoms with Crippen LogP contribution in [0.2, 0.25) is 0 Å². The molecule has 0 radical (unpaired) electrons. The van der Waals surface area contributed by atoms with E-state index in [0.29, 0.717) is 11.8 Å². The van der Waals surface area contributed by atoms with Crippen LogP contribution in [0.4, 0.5) is 5.82 Å². The molecule has 21 heavy (non-hydrogen) atoms. The molecule has 4 heteroatoms. The van der Waals surface area contributed by atoms with Crippen molar-refractivity contribution >= 4 is 5.82 Å². The van der Waals surface area contributed by atoms with Gasteiger partial charge in [-0.3, -0.25) is 0 Å². The topological polar surface area (TPSA) is 37.4 Å². The second kappa shape index (κ2) is 8.35. The Morgan fingerprint density at radius 1 is 1.38 bits per heavy atom. The molecule has 1 N–H and O–H groups in total. The van der Waals surface area contributed by atoms with Crippen LogP contribution in [-0.2, 0) is 11.3 Å². The Hall–Kier alpha value is -1.13. The Balaban J connectivity index is 1.86. The first kappa shape index (κ1) is 16.2. The molecule has 2 heterocycles. The molecule has 0 bridgehead atoms. The van der Waals surface area contributed by atoms with Crippen molar-refractivity contribution in [3.63, 3.8) is 0 Å². The molecule has 0 atom stereocenters. The van der Waals surface area contributed by atoms with Crippen LogP contribution in [0.3, 0.4) is 0 Å². The monoisotopic (exact) mass is 291 g/mol. The van der Waals surface area contributed by atoms with E-state index in [0.717, 1.165) is 38.6 Å². The number of hydrogen-bond donors (Lipinski definition) is 1. The van der Waals surface area contributed by atoms with Crippen molar-refractivity contribution < 1.29 is 4.74 Å². The average molecular weight is 291 g/mol. The minimum absolute atomic E-state index is 0.686. The summed E-state index contributed by atoms with van der Waals surface area (Å²) >= 11 is 0. The first-order valence-electron chi connectivity index (χ1n) is 8.08. The summed E-state index contributed by atoms with van der Waals surface area (Å²) in [7, 11) is 1.79. The maximum Gasteiger partial charge on any atom is 0.128 e. The Morgan fingerprint density at radius 2 is 2.14 bits per heavy atom. The van der Waals surface area contributed by atoms with E-state index in [1.807, 2.05) is 6.20 Å². The first-order valence-corrected chi connectivity index (χ1v) is 8.08. The molecule has 0 amide bonds. The van der Waals surface area contributed by atoms with Gasteiger partial charge in [-0.05, 0) is 48.9 Å². The minimum atomic E-state index is 0.686. The van der Waals surface area contributed by atoms with Crippen LogP contribution >= 0.6 is 0 Å². The van der Waals surface area contributed by atoms with Crippen molar-refractivity contribution in [2.24, 2.45) is 11.8 Å². The van der Waals surface area contributed by atoms with Gasteiger partial charge in [0.15, 0.2) is 0 Å². The van der Waals surface area contributed by atoms with Crippen LogP contribution in [0.25, 0.3) is 0 Å². The predicted molar refractivity (Wildman–Crippen MR) is 87.6 cm³/mol. The molecule has 1 aliphatic heterocycles. The van der Waals surface area contributed by atoms with Crippen LogP contribution in [0, 0.1) is 11.8 Å². The fourth-order valence-corrected chi connectivity index (χ4v) is 2.81. The maximum absolute atomic E-state index is 5.26. The lowest BCUT2D eigenvalue weighted by Crippen LogP contribution is -2.35. The number of anilines is 1. The molecule has 0 unspecified atom stereocenters. The Bertz CT molecular complexity index is 414. The zero-order valence-electron chi connectivity index (χ0n) is 13.6. The standard InChI is InChI=1S/C17H29N3O/c1-14(2)11-18-12-16-4-7-19-17(10-16)20-8-5-15(6-9-20)13-21-3/h4,7,10,14-15,18H,5-6,8-9,11-13H2,1-3H3. The van der Waals surface area contributed by atoms with Gasteiger partial charge in [-0.15, -0.1) is 0 Å². The van der Waals surface area contributed by atoms with Gasteiger partial charge in [-0.25, -0.2) is 4.98 Å². The van der Waals surface area contributed by atoms with E-state index < -0.39 is 0 Å². The molecule has 1 aromatic heterocycles. The SMILES string of the molecule is COCC1CCN(c2cc(CNCC(C)C)ccn2)CC1. The van der Waals surface area contributed by atoms with Crippen LogP contribution < -0.4 is 10.2 Å². The largest absolute Gasteiger partial charge is 0.384 e. The van der Waals surface area contributed by atoms with E-state index in [4.69, 9.17) is 4.74 Å². The van der Waals surface area contributed by atoms with Crippen molar-refractivity contribution in [2.45, 2.75) is 33.2 Å². The lowest BCUT2D eigenvalue weighted by atomic mass is 9.98. The summed E-state index contributed by atoms with van der Waals surface area (Å²) in [6.45, 7) is 9.51. The molecule has 2 rings (SSSR count). The number of hydrogen-bond acceptors (Lipinski definition) is 4. The fraction of sp³-hybridized carbons (Fsp3) is 0.706. The number of piperidine rings is 1. The number of nitrogens with zero attached hydrogens (tertiary/aromatic N) is 2. The van der Waals surface area contributed by atoms with E-state index in [1.54, 1.807) is 7.11 Å². The molecular formula is C17H29N3O. The summed E-state index contributed by atoms with van der Waals surface area (Å²) in [6.07, 6.45) is 4.33. The lowest BCUT2D eigenvalue weighted by Gasteiger charge is -2.32. The van der Waals surface area contributed by atoms with Gasteiger partial charge in [0.2, 0.25) is 0 Å². The Labute approximate surface area is 128 Å². The summed E-state index contributed by atoms with van der Waals surface area (Å²) in [6, 6.07) is 4.33. The van der Waals surface area contributed by atoms with Crippen molar-refractivity contribution in [1.29, 1.82) is 0 Å². The molecule has 0 saturated carbocycles. The third-order valence-corrected chi connectivity index (χ3v) is 4.03. The van der Waals surface area contributed by atoms with E-state index in [-0.39, 0.29) is 0 Å². The van der Waals surface area contributed by atoms with Gasteiger partial charge in [0.1, 0.15) is 5.82 Å². The molecule has 0 aliphatic carbocycles. The highest BCUT2D eigenvalue weighted by molar-refractivity contribution is 5.41. The zero-order valence-corrected chi connectivity index (χ0v) is 13.6. The Morgan fingerprint density at radius 3 is 2.81 bits per heavy atom. The van der Waals surface area contributed by atoms with Gasteiger partial charge in [0.05, 0.1) is 0 Å². The van der Waals surface area contributed by atoms with Crippen molar-refractivity contribution in [3.8, 4) is 0 Å². The second-order valence-electron chi connectivity index (χ2n) is 6.43. The quantitative estimate of drug-likeness (QED) is 0.838. The molecule has 1 aromatic rings. The highest BCUT2D eigenvalue weighted by Crippen LogP contribution is 2.22. The minimum Gasteiger partial charge on any atom is -0.384 e. The first-order chi connectivity index (χ1) is 10.2. The molecule has 118 valence electrons. The number of methoxy groups -OCH3 is 1. The van der Waals surface area contributed by atoms with Gasteiger partial charge >= 0.3 is 0 Å². The fourth-order valence-electron chi connectivity index (χ4n) is 2.81. The molecule has 1 saturated heterocycles. The predicted octanol–water partition coefficient (Wildman–Crippen LogP) is 2.69. The number of aromatic nitrogens is 1. The van der Waals surface area contributed by atoms with Crippen LogP contribution in [0.15, 0.2) is 18.3 Å². The van der Waals surface area contributed by atoms with Crippen LogP contribution in [-0.4, -0.2) is 38.3 Å². The number of pyridine rings is 1. The zero-order chi connectivity index (χ0) is 15.1.